The van der Waals surface area contributed by atoms with Crippen molar-refractivity contribution in [3.8, 4) is 0 Å². The third-order valence-corrected chi connectivity index (χ3v) is 4.02. The van der Waals surface area contributed by atoms with Crippen LogP contribution in [0.1, 0.15) is 15.9 Å². The maximum atomic E-state index is 13.6. The fourth-order valence-corrected chi connectivity index (χ4v) is 3.02. The minimum Gasteiger partial charge on any atom is -0.478 e. The third kappa shape index (κ3) is 3.81. The number of rotatable bonds is 4. The van der Waals surface area contributed by atoms with Gasteiger partial charge in [0.05, 0.1) is 5.56 Å². The van der Waals surface area contributed by atoms with E-state index in [0.717, 1.165) is 9.37 Å². The number of carbonyl (C=O) groups is 1. The molecule has 0 radical (unpaired) electrons. The molecule has 0 fully saturated rings. The first-order valence-electron chi connectivity index (χ1n) is 5.46. The van der Waals surface area contributed by atoms with E-state index in [1.165, 1.54) is 30.0 Å². The number of hydrogen-bond donors (Lipinski definition) is 1. The van der Waals surface area contributed by atoms with Gasteiger partial charge < -0.3 is 5.11 Å². The van der Waals surface area contributed by atoms with Crippen LogP contribution in [0.25, 0.3) is 0 Å². The zero-order valence-corrected chi connectivity index (χ0v) is 12.2. The molecule has 2 rings (SSSR count). The summed E-state index contributed by atoms with van der Waals surface area (Å²) in [4.78, 5) is 11.8. The topological polar surface area (TPSA) is 37.3 Å². The number of carboxylic acid groups (broad SMARTS) is 1. The lowest BCUT2D eigenvalue weighted by Crippen LogP contribution is -1.99. The van der Waals surface area contributed by atoms with Gasteiger partial charge in [-0.15, -0.1) is 11.8 Å². The lowest BCUT2D eigenvalue weighted by molar-refractivity contribution is 0.0696. The molecule has 0 aliphatic heterocycles. The largest absolute Gasteiger partial charge is 0.478 e. The van der Waals surface area contributed by atoms with E-state index in [2.05, 4.69) is 15.9 Å². The molecule has 1 N–H and O–H groups in total. The molecule has 0 amide bonds. The first-order chi connectivity index (χ1) is 9.06. The molecule has 0 aliphatic carbocycles. The van der Waals surface area contributed by atoms with E-state index in [9.17, 15) is 9.18 Å². The molecule has 5 heteroatoms. The van der Waals surface area contributed by atoms with Gasteiger partial charge >= 0.3 is 5.97 Å². The molecular formula is C14H10BrFO2S. The summed E-state index contributed by atoms with van der Waals surface area (Å²) in [7, 11) is 0. The van der Waals surface area contributed by atoms with Crippen molar-refractivity contribution >= 4 is 33.7 Å². The van der Waals surface area contributed by atoms with Crippen LogP contribution in [0.15, 0.2) is 51.8 Å². The van der Waals surface area contributed by atoms with Gasteiger partial charge in [-0.3, -0.25) is 0 Å². The normalized spacial score (nSPS) is 10.4. The van der Waals surface area contributed by atoms with Crippen molar-refractivity contribution in [2.75, 3.05) is 0 Å². The Morgan fingerprint density at radius 3 is 2.74 bits per heavy atom. The molecule has 0 aromatic heterocycles. The summed E-state index contributed by atoms with van der Waals surface area (Å²) >= 11 is 4.83. The molecule has 0 atom stereocenters. The van der Waals surface area contributed by atoms with Crippen LogP contribution < -0.4 is 0 Å². The highest BCUT2D eigenvalue weighted by molar-refractivity contribution is 9.10. The van der Waals surface area contributed by atoms with Crippen LogP contribution in [-0.4, -0.2) is 11.1 Å². The Morgan fingerprint density at radius 1 is 1.26 bits per heavy atom. The van der Waals surface area contributed by atoms with Crippen molar-refractivity contribution in [1.82, 2.24) is 0 Å². The smallest absolute Gasteiger partial charge is 0.335 e. The molecule has 0 aliphatic rings. The van der Waals surface area contributed by atoms with Gasteiger partial charge in [-0.1, -0.05) is 22.0 Å². The van der Waals surface area contributed by atoms with E-state index in [1.54, 1.807) is 0 Å². The molecule has 2 aromatic carbocycles. The molecular weight excluding hydrogens is 331 g/mol. The lowest BCUT2D eigenvalue weighted by Gasteiger charge is -2.05. The fourth-order valence-electron chi connectivity index (χ4n) is 1.54. The third-order valence-electron chi connectivity index (χ3n) is 2.48. The summed E-state index contributed by atoms with van der Waals surface area (Å²) in [5, 5.41) is 8.89. The van der Waals surface area contributed by atoms with Crippen LogP contribution in [-0.2, 0) is 5.75 Å². The molecule has 98 valence electrons. The second-order valence-electron chi connectivity index (χ2n) is 3.86. The molecule has 0 unspecified atom stereocenters. The van der Waals surface area contributed by atoms with Crippen LogP contribution >= 0.6 is 27.7 Å². The van der Waals surface area contributed by atoms with Gasteiger partial charge in [-0.25, -0.2) is 9.18 Å². The predicted molar refractivity (Wildman–Crippen MR) is 77.1 cm³/mol. The Bertz CT molecular complexity index is 616. The predicted octanol–water partition coefficient (Wildman–Crippen LogP) is 4.58. The van der Waals surface area contributed by atoms with Crippen molar-refractivity contribution < 1.29 is 14.3 Å². The molecule has 0 heterocycles. The average Bonchev–Trinajstić information content (AvgIpc) is 2.37. The Labute approximate surface area is 122 Å². The van der Waals surface area contributed by atoms with Crippen molar-refractivity contribution in [3.05, 3.63) is 63.9 Å². The number of thioether (sulfide) groups is 1. The van der Waals surface area contributed by atoms with Crippen molar-refractivity contribution in [2.24, 2.45) is 0 Å². The van der Waals surface area contributed by atoms with E-state index in [0.29, 0.717) is 11.3 Å². The molecule has 2 nitrogen and oxygen atoms in total. The number of carboxylic acids is 1. The Balaban J connectivity index is 2.15. The van der Waals surface area contributed by atoms with E-state index in [-0.39, 0.29) is 11.4 Å². The highest BCUT2D eigenvalue weighted by Gasteiger charge is 2.08. The number of benzene rings is 2. The first-order valence-corrected chi connectivity index (χ1v) is 7.24. The number of halogens is 2. The van der Waals surface area contributed by atoms with E-state index < -0.39 is 5.97 Å². The van der Waals surface area contributed by atoms with Gasteiger partial charge in [0, 0.05) is 15.1 Å². The van der Waals surface area contributed by atoms with Crippen LogP contribution in [0.3, 0.4) is 0 Å². The van der Waals surface area contributed by atoms with Crippen LogP contribution in [0.2, 0.25) is 0 Å². The summed E-state index contributed by atoms with van der Waals surface area (Å²) in [6.07, 6.45) is 0. The molecule has 0 bridgehead atoms. The Kier molecular flexibility index (Phi) is 4.61. The number of hydrogen-bond acceptors (Lipinski definition) is 2. The van der Waals surface area contributed by atoms with Crippen molar-refractivity contribution in [1.29, 1.82) is 0 Å². The minimum absolute atomic E-state index is 0.103. The molecule has 2 aromatic rings. The second kappa shape index (κ2) is 6.21. The van der Waals surface area contributed by atoms with Gasteiger partial charge in [-0.2, -0.15) is 0 Å². The van der Waals surface area contributed by atoms with Crippen molar-refractivity contribution in [2.45, 2.75) is 10.6 Å². The van der Waals surface area contributed by atoms with Gasteiger partial charge in [0.1, 0.15) is 5.82 Å². The highest BCUT2D eigenvalue weighted by Crippen LogP contribution is 2.26. The summed E-state index contributed by atoms with van der Waals surface area (Å²) in [6.45, 7) is 0. The van der Waals surface area contributed by atoms with Gasteiger partial charge in [0.15, 0.2) is 0 Å². The first kappa shape index (κ1) is 14.1. The van der Waals surface area contributed by atoms with E-state index in [1.807, 2.05) is 24.3 Å². The maximum absolute atomic E-state index is 13.6. The van der Waals surface area contributed by atoms with Crippen molar-refractivity contribution in [3.63, 3.8) is 0 Å². The van der Waals surface area contributed by atoms with Gasteiger partial charge in [-0.05, 0) is 42.0 Å². The summed E-state index contributed by atoms with van der Waals surface area (Å²) in [5.74, 6) is -1.04. The van der Waals surface area contributed by atoms with E-state index >= 15 is 0 Å². The van der Waals surface area contributed by atoms with E-state index in [4.69, 9.17) is 5.11 Å². The minimum atomic E-state index is -1.05. The molecule has 19 heavy (non-hydrogen) atoms. The second-order valence-corrected chi connectivity index (χ2v) is 5.82. The highest BCUT2D eigenvalue weighted by atomic mass is 79.9. The fraction of sp³-hybridized carbons (Fsp3) is 0.0714. The zero-order valence-electron chi connectivity index (χ0n) is 9.77. The monoisotopic (exact) mass is 340 g/mol. The summed E-state index contributed by atoms with van der Waals surface area (Å²) in [6, 6.07) is 11.5. The molecule has 0 spiro atoms. The standard InChI is InChI=1S/C14H10BrFO2S/c15-11-2-1-3-12(7-11)19-8-10-6-9(14(17)18)4-5-13(10)16/h1-7H,8H2,(H,17,18). The number of aromatic carboxylic acids is 1. The van der Waals surface area contributed by atoms with Crippen LogP contribution in [0.5, 0.6) is 0 Å². The molecule has 0 saturated carbocycles. The van der Waals surface area contributed by atoms with Crippen LogP contribution in [0, 0.1) is 5.82 Å². The Hall–Kier alpha value is -1.33. The SMILES string of the molecule is O=C(O)c1ccc(F)c(CSc2cccc(Br)c2)c1. The van der Waals surface area contributed by atoms with Gasteiger partial charge in [0.25, 0.3) is 0 Å². The lowest BCUT2D eigenvalue weighted by atomic mass is 10.1. The maximum Gasteiger partial charge on any atom is 0.335 e. The summed E-state index contributed by atoms with van der Waals surface area (Å²) in [5.41, 5.74) is 0.496. The quantitative estimate of drug-likeness (QED) is 0.827. The zero-order chi connectivity index (χ0) is 13.8. The van der Waals surface area contributed by atoms with Gasteiger partial charge in [0.2, 0.25) is 0 Å². The Morgan fingerprint density at radius 2 is 2.05 bits per heavy atom. The average molecular weight is 341 g/mol. The summed E-state index contributed by atoms with van der Waals surface area (Å²) < 4.78 is 14.6. The molecule has 0 saturated heterocycles. The van der Waals surface area contributed by atoms with Crippen LogP contribution in [0.4, 0.5) is 4.39 Å².